The molecule has 2 aromatic carbocycles. The predicted octanol–water partition coefficient (Wildman–Crippen LogP) is 5.35. The highest BCUT2D eigenvalue weighted by molar-refractivity contribution is 6.31. The van der Waals surface area contributed by atoms with Crippen molar-refractivity contribution in [2.45, 2.75) is 50.1 Å². The van der Waals surface area contributed by atoms with Crippen LogP contribution < -0.4 is 5.32 Å². The second kappa shape index (κ2) is 10.5. The van der Waals surface area contributed by atoms with E-state index in [1.165, 1.54) is 19.3 Å². The molecule has 1 atom stereocenters. The maximum Gasteiger partial charge on any atom is 0.249 e. The highest BCUT2D eigenvalue weighted by Crippen LogP contribution is 2.46. The Balaban J connectivity index is 1.57. The van der Waals surface area contributed by atoms with Gasteiger partial charge in [-0.1, -0.05) is 60.7 Å². The first-order valence-electron chi connectivity index (χ1n) is 12.5. The Hall–Kier alpha value is -1.63. The van der Waals surface area contributed by atoms with Gasteiger partial charge in [0.15, 0.2) is 0 Å². The zero-order chi connectivity index (χ0) is 23.5. The molecular formula is C27H33Cl2N3O2. The van der Waals surface area contributed by atoms with Gasteiger partial charge in [0, 0.05) is 59.9 Å². The molecule has 0 spiro atoms. The molecule has 1 unspecified atom stereocenters. The van der Waals surface area contributed by atoms with E-state index in [1.807, 2.05) is 36.4 Å². The second-order valence-corrected chi connectivity index (χ2v) is 10.6. The van der Waals surface area contributed by atoms with Gasteiger partial charge in [-0.25, -0.2) is 0 Å². The fourth-order valence-corrected chi connectivity index (χ4v) is 6.37. The van der Waals surface area contributed by atoms with Crippen molar-refractivity contribution in [1.29, 1.82) is 0 Å². The highest BCUT2D eigenvalue weighted by atomic mass is 35.5. The van der Waals surface area contributed by atoms with Gasteiger partial charge in [-0.2, -0.15) is 0 Å². The SMILES string of the molecule is O=C1Nc2cc(Cl)ccc2C1(Cc1cccc(Cl)c1)N(CCN1CCOCC1)C1CCCCC1. The number of morpholine rings is 1. The lowest BCUT2D eigenvalue weighted by atomic mass is 9.80. The zero-order valence-corrected chi connectivity index (χ0v) is 21.1. The largest absolute Gasteiger partial charge is 0.379 e. The quantitative estimate of drug-likeness (QED) is 0.555. The third-order valence-corrected chi connectivity index (χ3v) is 8.14. The Kier molecular flexibility index (Phi) is 7.47. The molecule has 1 saturated heterocycles. The van der Waals surface area contributed by atoms with Crippen LogP contribution in [0.3, 0.4) is 0 Å². The zero-order valence-electron chi connectivity index (χ0n) is 19.6. The van der Waals surface area contributed by atoms with E-state index in [0.29, 0.717) is 22.5 Å². The Labute approximate surface area is 212 Å². The predicted molar refractivity (Wildman–Crippen MR) is 138 cm³/mol. The van der Waals surface area contributed by atoms with Crippen molar-refractivity contribution in [3.63, 3.8) is 0 Å². The number of fused-ring (bicyclic) bond motifs is 1. The van der Waals surface area contributed by atoms with Crippen LogP contribution in [0.1, 0.15) is 43.2 Å². The third-order valence-electron chi connectivity index (χ3n) is 7.67. The number of ether oxygens (including phenoxy) is 1. The van der Waals surface area contributed by atoms with E-state index in [9.17, 15) is 4.79 Å². The van der Waals surface area contributed by atoms with Crippen LogP contribution in [0.2, 0.25) is 10.0 Å². The maximum absolute atomic E-state index is 14.0. The smallest absolute Gasteiger partial charge is 0.249 e. The van der Waals surface area contributed by atoms with Crippen LogP contribution in [0.25, 0.3) is 0 Å². The first kappa shape index (κ1) is 24.1. The lowest BCUT2D eigenvalue weighted by Crippen LogP contribution is -2.59. The lowest BCUT2D eigenvalue weighted by Gasteiger charge is -2.47. The molecule has 1 saturated carbocycles. The average molecular weight is 502 g/mol. The number of benzene rings is 2. The van der Waals surface area contributed by atoms with E-state index in [0.717, 1.165) is 69.0 Å². The molecule has 0 radical (unpaired) electrons. The number of halogens is 2. The van der Waals surface area contributed by atoms with Gasteiger partial charge in [0.25, 0.3) is 0 Å². The lowest BCUT2D eigenvalue weighted by molar-refractivity contribution is -0.131. The van der Waals surface area contributed by atoms with Crippen molar-refractivity contribution in [1.82, 2.24) is 9.80 Å². The van der Waals surface area contributed by atoms with Gasteiger partial charge in [0.1, 0.15) is 5.54 Å². The molecule has 182 valence electrons. The summed E-state index contributed by atoms with van der Waals surface area (Å²) in [5, 5.41) is 4.52. The van der Waals surface area contributed by atoms with Crippen LogP contribution in [0.4, 0.5) is 5.69 Å². The van der Waals surface area contributed by atoms with Gasteiger partial charge in [-0.05, 0) is 42.7 Å². The van der Waals surface area contributed by atoms with Crippen LogP contribution in [-0.2, 0) is 21.5 Å². The average Bonchev–Trinajstić information content (AvgIpc) is 3.11. The summed E-state index contributed by atoms with van der Waals surface area (Å²) in [7, 11) is 0. The molecule has 0 bridgehead atoms. The van der Waals surface area contributed by atoms with Crippen molar-refractivity contribution in [2.75, 3.05) is 44.7 Å². The van der Waals surface area contributed by atoms with E-state index in [4.69, 9.17) is 27.9 Å². The van der Waals surface area contributed by atoms with Gasteiger partial charge < -0.3 is 10.1 Å². The molecule has 2 aliphatic heterocycles. The van der Waals surface area contributed by atoms with E-state index < -0.39 is 5.54 Å². The summed E-state index contributed by atoms with van der Waals surface area (Å²) in [6.07, 6.45) is 6.51. The number of amides is 1. The number of nitrogens with zero attached hydrogens (tertiary/aromatic N) is 2. The molecule has 0 aromatic heterocycles. The fourth-order valence-electron chi connectivity index (χ4n) is 5.98. The first-order chi connectivity index (χ1) is 16.6. The Morgan fingerprint density at radius 1 is 1.03 bits per heavy atom. The standard InChI is InChI=1S/C27H33Cl2N3O2/c28-21-6-4-5-20(17-21)19-27(24-10-9-22(29)18-25(24)30-26(27)33)32(23-7-2-1-3-8-23)12-11-31-13-15-34-16-14-31/h4-6,9-10,17-18,23H,1-3,7-8,11-16,19H2,(H,30,33). The number of rotatable bonds is 7. The van der Waals surface area contributed by atoms with Crippen molar-refractivity contribution < 1.29 is 9.53 Å². The molecule has 1 aliphatic carbocycles. The number of carbonyl (C=O) groups excluding carboxylic acids is 1. The van der Waals surface area contributed by atoms with Crippen molar-refractivity contribution in [2.24, 2.45) is 0 Å². The minimum absolute atomic E-state index is 0.0392. The Bertz CT molecular complexity index is 1020. The molecule has 5 rings (SSSR count). The second-order valence-electron chi connectivity index (χ2n) is 9.75. The molecule has 7 heteroatoms. The first-order valence-corrected chi connectivity index (χ1v) is 13.2. The molecule has 34 heavy (non-hydrogen) atoms. The number of hydrogen-bond donors (Lipinski definition) is 1. The molecule has 3 aliphatic rings. The molecular weight excluding hydrogens is 469 g/mol. The van der Waals surface area contributed by atoms with Gasteiger partial charge >= 0.3 is 0 Å². The molecule has 2 fully saturated rings. The van der Waals surface area contributed by atoms with Gasteiger partial charge in [0.2, 0.25) is 5.91 Å². The molecule has 2 heterocycles. The number of nitrogens with one attached hydrogen (secondary N) is 1. The van der Waals surface area contributed by atoms with E-state index in [1.54, 1.807) is 0 Å². The minimum atomic E-state index is -0.793. The number of carbonyl (C=O) groups is 1. The number of hydrogen-bond acceptors (Lipinski definition) is 4. The van der Waals surface area contributed by atoms with Crippen LogP contribution in [0.15, 0.2) is 42.5 Å². The van der Waals surface area contributed by atoms with Gasteiger partial charge in [-0.3, -0.25) is 14.6 Å². The number of anilines is 1. The van der Waals surface area contributed by atoms with Gasteiger partial charge in [0.05, 0.1) is 13.2 Å². The van der Waals surface area contributed by atoms with Crippen LogP contribution in [0, 0.1) is 0 Å². The van der Waals surface area contributed by atoms with E-state index in [-0.39, 0.29) is 5.91 Å². The van der Waals surface area contributed by atoms with Crippen LogP contribution in [-0.4, -0.2) is 61.1 Å². The Morgan fingerprint density at radius 3 is 2.56 bits per heavy atom. The normalized spacial score (nSPS) is 23.8. The topological polar surface area (TPSA) is 44.8 Å². The van der Waals surface area contributed by atoms with E-state index >= 15 is 0 Å². The summed E-state index contributed by atoms with van der Waals surface area (Å²) in [6.45, 7) is 5.20. The summed E-state index contributed by atoms with van der Waals surface area (Å²) in [6, 6.07) is 14.1. The van der Waals surface area contributed by atoms with Crippen molar-refractivity contribution >= 4 is 34.8 Å². The summed E-state index contributed by atoms with van der Waals surface area (Å²) >= 11 is 12.7. The monoisotopic (exact) mass is 501 g/mol. The minimum Gasteiger partial charge on any atom is -0.379 e. The summed E-state index contributed by atoms with van der Waals surface area (Å²) in [4.78, 5) is 19.0. The van der Waals surface area contributed by atoms with Crippen molar-refractivity contribution in [3.05, 3.63) is 63.6 Å². The molecule has 1 amide bonds. The summed E-state index contributed by atoms with van der Waals surface area (Å²) in [5.74, 6) is 0.0392. The summed E-state index contributed by atoms with van der Waals surface area (Å²) in [5.41, 5.74) is 2.12. The van der Waals surface area contributed by atoms with Crippen LogP contribution >= 0.6 is 23.2 Å². The van der Waals surface area contributed by atoms with Gasteiger partial charge in [-0.15, -0.1) is 0 Å². The highest BCUT2D eigenvalue weighted by Gasteiger charge is 2.53. The maximum atomic E-state index is 14.0. The molecule has 1 N–H and O–H groups in total. The molecule has 2 aromatic rings. The van der Waals surface area contributed by atoms with E-state index in [2.05, 4.69) is 21.2 Å². The fraction of sp³-hybridized carbons (Fsp3) is 0.519. The van der Waals surface area contributed by atoms with Crippen molar-refractivity contribution in [3.8, 4) is 0 Å². The summed E-state index contributed by atoms with van der Waals surface area (Å²) < 4.78 is 5.56. The molecule has 5 nitrogen and oxygen atoms in total. The third kappa shape index (κ3) is 4.87. The Morgan fingerprint density at radius 2 is 1.79 bits per heavy atom. The van der Waals surface area contributed by atoms with Crippen LogP contribution in [0.5, 0.6) is 0 Å².